The highest BCUT2D eigenvalue weighted by Gasteiger charge is 2.18. The summed E-state index contributed by atoms with van der Waals surface area (Å²) < 4.78 is 14.8. The molecule has 0 saturated heterocycles. The molecule has 2 nitrogen and oxygen atoms in total. The molecular formula is C14H14BrFN2. The lowest BCUT2D eigenvalue weighted by molar-refractivity contribution is 0.639. The SMILES string of the molecule is Nc1c2c(nc3c(Br)ccc(F)c13)CCCCC2. The molecule has 0 unspecified atom stereocenters. The summed E-state index contributed by atoms with van der Waals surface area (Å²) in [5.41, 5.74) is 9.50. The first-order valence-electron chi connectivity index (χ1n) is 6.23. The van der Waals surface area contributed by atoms with E-state index < -0.39 is 0 Å². The number of fused-ring (bicyclic) bond motifs is 2. The van der Waals surface area contributed by atoms with E-state index in [4.69, 9.17) is 5.73 Å². The lowest BCUT2D eigenvalue weighted by atomic mass is 10.0. The lowest BCUT2D eigenvalue weighted by Crippen LogP contribution is -2.04. The number of anilines is 1. The summed E-state index contributed by atoms with van der Waals surface area (Å²) in [5.74, 6) is -0.287. The molecule has 0 spiro atoms. The van der Waals surface area contributed by atoms with Crippen LogP contribution in [0, 0.1) is 5.82 Å². The fraction of sp³-hybridized carbons (Fsp3) is 0.357. The highest BCUT2D eigenvalue weighted by molar-refractivity contribution is 9.10. The number of benzene rings is 1. The predicted molar refractivity (Wildman–Crippen MR) is 75.1 cm³/mol. The number of aromatic nitrogens is 1. The van der Waals surface area contributed by atoms with Crippen LogP contribution < -0.4 is 5.73 Å². The van der Waals surface area contributed by atoms with Gasteiger partial charge >= 0.3 is 0 Å². The van der Waals surface area contributed by atoms with Gasteiger partial charge in [-0.2, -0.15) is 0 Å². The summed E-state index contributed by atoms with van der Waals surface area (Å²) in [4.78, 5) is 4.63. The van der Waals surface area contributed by atoms with Gasteiger partial charge in [-0.15, -0.1) is 0 Å². The van der Waals surface area contributed by atoms with Gasteiger partial charge in [0.15, 0.2) is 0 Å². The third-order valence-electron chi connectivity index (χ3n) is 3.61. The maximum absolute atomic E-state index is 14.0. The van der Waals surface area contributed by atoms with Crippen molar-refractivity contribution in [3.63, 3.8) is 0 Å². The fourth-order valence-corrected chi connectivity index (χ4v) is 3.09. The summed E-state index contributed by atoms with van der Waals surface area (Å²) in [7, 11) is 0. The largest absolute Gasteiger partial charge is 0.398 e. The lowest BCUT2D eigenvalue weighted by Gasteiger charge is -2.13. The highest BCUT2D eigenvalue weighted by Crippen LogP contribution is 2.34. The second-order valence-electron chi connectivity index (χ2n) is 4.76. The van der Waals surface area contributed by atoms with Crippen molar-refractivity contribution in [3.8, 4) is 0 Å². The number of rotatable bonds is 0. The van der Waals surface area contributed by atoms with E-state index in [1.165, 1.54) is 12.5 Å². The van der Waals surface area contributed by atoms with Gasteiger partial charge in [-0.25, -0.2) is 4.39 Å². The van der Waals surface area contributed by atoms with Crippen molar-refractivity contribution in [2.45, 2.75) is 32.1 Å². The molecule has 4 heteroatoms. The molecule has 18 heavy (non-hydrogen) atoms. The van der Waals surface area contributed by atoms with E-state index in [0.29, 0.717) is 16.6 Å². The standard InChI is InChI=1S/C14H14BrFN2/c15-9-6-7-10(16)12-13(17)8-4-2-1-3-5-11(8)18-14(9)12/h6-7H,1-5H2,(H2,17,18). The Kier molecular flexibility index (Phi) is 2.98. The topological polar surface area (TPSA) is 38.9 Å². The minimum atomic E-state index is -0.287. The zero-order valence-corrected chi connectivity index (χ0v) is 11.6. The van der Waals surface area contributed by atoms with E-state index in [2.05, 4.69) is 20.9 Å². The smallest absolute Gasteiger partial charge is 0.134 e. The number of aryl methyl sites for hydroxylation is 1. The van der Waals surface area contributed by atoms with Gasteiger partial charge in [-0.05, 0) is 59.3 Å². The van der Waals surface area contributed by atoms with Crippen molar-refractivity contribution in [3.05, 3.63) is 33.7 Å². The summed E-state index contributed by atoms with van der Waals surface area (Å²) in [5, 5.41) is 0.463. The molecule has 0 saturated carbocycles. The van der Waals surface area contributed by atoms with Crippen molar-refractivity contribution in [1.82, 2.24) is 4.98 Å². The van der Waals surface area contributed by atoms with Crippen LogP contribution in [0.4, 0.5) is 10.1 Å². The Hall–Kier alpha value is -1.16. The van der Waals surface area contributed by atoms with E-state index >= 15 is 0 Å². The number of nitrogens with zero attached hydrogens (tertiary/aromatic N) is 1. The Morgan fingerprint density at radius 2 is 1.94 bits per heavy atom. The van der Waals surface area contributed by atoms with E-state index in [-0.39, 0.29) is 5.82 Å². The molecule has 0 aliphatic heterocycles. The molecule has 0 radical (unpaired) electrons. The summed E-state index contributed by atoms with van der Waals surface area (Å²) >= 11 is 3.43. The maximum Gasteiger partial charge on any atom is 0.134 e. The Balaban J connectivity index is 2.38. The predicted octanol–water partition coefficient (Wildman–Crippen LogP) is 3.99. The van der Waals surface area contributed by atoms with Crippen molar-refractivity contribution in [1.29, 1.82) is 0 Å². The highest BCUT2D eigenvalue weighted by atomic mass is 79.9. The van der Waals surface area contributed by atoms with Crippen LogP contribution in [0.25, 0.3) is 10.9 Å². The van der Waals surface area contributed by atoms with Gasteiger partial charge in [-0.1, -0.05) is 6.42 Å². The van der Waals surface area contributed by atoms with Crippen molar-refractivity contribution in [2.75, 3.05) is 5.73 Å². The van der Waals surface area contributed by atoms with Crippen LogP contribution >= 0.6 is 15.9 Å². The molecule has 94 valence electrons. The third-order valence-corrected chi connectivity index (χ3v) is 4.25. The van der Waals surface area contributed by atoms with Crippen LogP contribution in [-0.2, 0) is 12.8 Å². The minimum Gasteiger partial charge on any atom is -0.398 e. The second kappa shape index (κ2) is 4.50. The van der Waals surface area contributed by atoms with Gasteiger partial charge in [0.05, 0.1) is 10.9 Å². The molecule has 2 N–H and O–H groups in total. The number of nitrogens with two attached hydrogens (primary N) is 1. The van der Waals surface area contributed by atoms with Gasteiger partial charge in [0.25, 0.3) is 0 Å². The first-order valence-corrected chi connectivity index (χ1v) is 7.02. The Morgan fingerprint density at radius 3 is 2.78 bits per heavy atom. The van der Waals surface area contributed by atoms with Crippen LogP contribution in [0.5, 0.6) is 0 Å². The van der Waals surface area contributed by atoms with Gasteiger partial charge < -0.3 is 5.73 Å². The monoisotopic (exact) mass is 308 g/mol. The molecule has 1 heterocycles. The van der Waals surface area contributed by atoms with Crippen molar-refractivity contribution < 1.29 is 4.39 Å². The molecule has 1 aliphatic rings. The normalized spacial score (nSPS) is 15.4. The summed E-state index contributed by atoms with van der Waals surface area (Å²) in [6, 6.07) is 3.13. The molecule has 3 rings (SSSR count). The number of hydrogen-bond acceptors (Lipinski definition) is 2. The van der Waals surface area contributed by atoms with Crippen LogP contribution in [0.2, 0.25) is 0 Å². The number of halogens is 2. The quantitative estimate of drug-likeness (QED) is 0.747. The Labute approximate surface area is 114 Å². The van der Waals surface area contributed by atoms with Crippen LogP contribution in [0.1, 0.15) is 30.5 Å². The Bertz CT molecular complexity index is 625. The zero-order chi connectivity index (χ0) is 12.7. The zero-order valence-electron chi connectivity index (χ0n) is 9.97. The molecular weight excluding hydrogens is 295 g/mol. The molecule has 1 aliphatic carbocycles. The van der Waals surface area contributed by atoms with Gasteiger partial charge in [0, 0.05) is 15.9 Å². The Morgan fingerprint density at radius 1 is 1.17 bits per heavy atom. The van der Waals surface area contributed by atoms with Crippen LogP contribution in [0.3, 0.4) is 0 Å². The molecule has 0 fully saturated rings. The van der Waals surface area contributed by atoms with E-state index in [9.17, 15) is 4.39 Å². The van der Waals surface area contributed by atoms with Gasteiger partial charge in [0.2, 0.25) is 0 Å². The first-order chi connectivity index (χ1) is 8.68. The summed E-state index contributed by atoms with van der Waals surface area (Å²) in [6.45, 7) is 0. The van der Waals surface area contributed by atoms with Crippen LogP contribution in [0.15, 0.2) is 16.6 Å². The number of hydrogen-bond donors (Lipinski definition) is 1. The average molecular weight is 309 g/mol. The van der Waals surface area contributed by atoms with Crippen LogP contribution in [-0.4, -0.2) is 4.98 Å². The van der Waals surface area contributed by atoms with Crippen molar-refractivity contribution in [2.24, 2.45) is 0 Å². The van der Waals surface area contributed by atoms with Gasteiger partial charge in [0.1, 0.15) is 5.82 Å². The second-order valence-corrected chi connectivity index (χ2v) is 5.62. The maximum atomic E-state index is 14.0. The van der Waals surface area contributed by atoms with E-state index in [1.54, 1.807) is 6.07 Å². The van der Waals surface area contributed by atoms with Gasteiger partial charge in [-0.3, -0.25) is 4.98 Å². The number of pyridine rings is 1. The minimum absolute atomic E-state index is 0.287. The van der Waals surface area contributed by atoms with E-state index in [1.807, 2.05) is 0 Å². The van der Waals surface area contributed by atoms with Crippen molar-refractivity contribution >= 4 is 32.5 Å². The molecule has 2 aromatic rings. The summed E-state index contributed by atoms with van der Waals surface area (Å²) in [6.07, 6.45) is 5.29. The number of nitrogen functional groups attached to an aromatic ring is 1. The first kappa shape index (κ1) is 11.9. The molecule has 1 aromatic heterocycles. The third kappa shape index (κ3) is 1.79. The van der Waals surface area contributed by atoms with E-state index in [0.717, 1.165) is 41.4 Å². The molecule has 0 amide bonds. The average Bonchev–Trinajstić information content (AvgIpc) is 2.59. The molecule has 1 aromatic carbocycles. The fourth-order valence-electron chi connectivity index (χ4n) is 2.67. The molecule has 0 atom stereocenters. The molecule has 0 bridgehead atoms.